The quantitative estimate of drug-likeness (QED) is 0.877. The minimum atomic E-state index is -0.476. The summed E-state index contributed by atoms with van der Waals surface area (Å²) in [7, 11) is 2.77. The number of rotatable bonds is 4. The lowest BCUT2D eigenvalue weighted by atomic mass is 10.1. The summed E-state index contributed by atoms with van der Waals surface area (Å²) in [4.78, 5) is 23.8. The van der Waals surface area contributed by atoms with Crippen LogP contribution in [0.1, 0.15) is 20.7 Å². The van der Waals surface area contributed by atoms with E-state index in [9.17, 15) is 9.59 Å². The molecule has 22 heavy (non-hydrogen) atoms. The van der Waals surface area contributed by atoms with Crippen LogP contribution in [0.15, 0.2) is 42.5 Å². The summed E-state index contributed by atoms with van der Waals surface area (Å²) in [5.41, 5.74) is 1.12. The second-order valence-corrected chi connectivity index (χ2v) is 4.81. The Hall–Kier alpha value is -2.53. The van der Waals surface area contributed by atoms with Crippen molar-refractivity contribution in [2.75, 3.05) is 19.5 Å². The number of halogens is 1. The number of carbonyl (C=O) groups is 2. The van der Waals surface area contributed by atoms with E-state index in [4.69, 9.17) is 16.3 Å². The summed E-state index contributed by atoms with van der Waals surface area (Å²) in [6, 6.07) is 11.2. The number of amides is 1. The fraction of sp³-hybridized carbons (Fsp3) is 0.125. The summed E-state index contributed by atoms with van der Waals surface area (Å²) >= 11 is 5.91. The molecule has 0 saturated carbocycles. The molecule has 0 fully saturated rings. The monoisotopic (exact) mass is 319 g/mol. The molecule has 1 amide bonds. The van der Waals surface area contributed by atoms with E-state index >= 15 is 0 Å². The van der Waals surface area contributed by atoms with Crippen molar-refractivity contribution in [2.45, 2.75) is 0 Å². The minimum Gasteiger partial charge on any atom is -0.496 e. The van der Waals surface area contributed by atoms with Gasteiger partial charge in [-0.15, -0.1) is 0 Å². The number of anilines is 1. The number of nitrogens with one attached hydrogen (secondary N) is 1. The molecule has 5 nitrogen and oxygen atoms in total. The third kappa shape index (κ3) is 3.56. The zero-order valence-electron chi connectivity index (χ0n) is 12.1. The lowest BCUT2D eigenvalue weighted by Crippen LogP contribution is -2.13. The number of hydrogen-bond donors (Lipinski definition) is 1. The van der Waals surface area contributed by atoms with Gasteiger partial charge in [0.1, 0.15) is 5.75 Å². The van der Waals surface area contributed by atoms with E-state index in [2.05, 4.69) is 10.1 Å². The summed E-state index contributed by atoms with van der Waals surface area (Å²) in [6.07, 6.45) is 0. The van der Waals surface area contributed by atoms with Gasteiger partial charge in [0.15, 0.2) is 0 Å². The second kappa shape index (κ2) is 6.95. The van der Waals surface area contributed by atoms with E-state index in [1.165, 1.54) is 26.4 Å². The van der Waals surface area contributed by atoms with Crippen LogP contribution in [0.4, 0.5) is 5.69 Å². The molecule has 0 spiro atoms. The van der Waals surface area contributed by atoms with Gasteiger partial charge in [0.25, 0.3) is 5.91 Å². The fourth-order valence-electron chi connectivity index (χ4n) is 1.90. The summed E-state index contributed by atoms with van der Waals surface area (Å²) in [6.45, 7) is 0. The molecule has 0 aliphatic heterocycles. The van der Waals surface area contributed by atoms with Gasteiger partial charge in [0, 0.05) is 10.7 Å². The van der Waals surface area contributed by atoms with Crippen LogP contribution in [0.5, 0.6) is 5.75 Å². The summed E-state index contributed by atoms with van der Waals surface area (Å²) in [5.74, 6) is -0.455. The van der Waals surface area contributed by atoms with Gasteiger partial charge in [-0.05, 0) is 36.4 Å². The fourth-order valence-corrected chi connectivity index (χ4v) is 2.07. The van der Waals surface area contributed by atoms with Gasteiger partial charge in [0.2, 0.25) is 0 Å². The van der Waals surface area contributed by atoms with Crippen LogP contribution in [-0.2, 0) is 4.74 Å². The largest absolute Gasteiger partial charge is 0.496 e. The Morgan fingerprint density at radius 3 is 2.55 bits per heavy atom. The number of hydrogen-bond acceptors (Lipinski definition) is 4. The minimum absolute atomic E-state index is 0.304. The smallest absolute Gasteiger partial charge is 0.337 e. The number of carbonyl (C=O) groups excluding carboxylic acids is 2. The van der Waals surface area contributed by atoms with Crippen LogP contribution >= 0.6 is 11.6 Å². The van der Waals surface area contributed by atoms with Gasteiger partial charge >= 0.3 is 5.97 Å². The van der Waals surface area contributed by atoms with Crippen molar-refractivity contribution >= 4 is 29.2 Å². The first-order valence-electron chi connectivity index (χ1n) is 6.38. The first-order chi connectivity index (χ1) is 10.5. The van der Waals surface area contributed by atoms with E-state index in [1.54, 1.807) is 30.3 Å². The molecule has 0 aromatic heterocycles. The summed E-state index contributed by atoms with van der Waals surface area (Å²) in [5, 5.41) is 3.12. The van der Waals surface area contributed by atoms with Crippen LogP contribution in [0.25, 0.3) is 0 Å². The van der Waals surface area contributed by atoms with Crippen LogP contribution in [0, 0.1) is 0 Å². The highest BCUT2D eigenvalue weighted by molar-refractivity contribution is 6.31. The van der Waals surface area contributed by atoms with E-state index in [-0.39, 0.29) is 5.91 Å². The van der Waals surface area contributed by atoms with Gasteiger partial charge in [-0.25, -0.2) is 4.79 Å². The van der Waals surface area contributed by atoms with Crippen molar-refractivity contribution < 1.29 is 19.1 Å². The van der Waals surface area contributed by atoms with Crippen molar-refractivity contribution in [2.24, 2.45) is 0 Å². The Morgan fingerprint density at radius 1 is 1.09 bits per heavy atom. The molecule has 0 bridgehead atoms. The Balaban J connectivity index is 2.26. The van der Waals surface area contributed by atoms with Crippen LogP contribution in [-0.4, -0.2) is 26.1 Å². The number of benzene rings is 2. The topological polar surface area (TPSA) is 64.6 Å². The average Bonchev–Trinajstić information content (AvgIpc) is 2.54. The van der Waals surface area contributed by atoms with Gasteiger partial charge in [0.05, 0.1) is 25.3 Å². The number of ether oxygens (including phenoxy) is 2. The third-order valence-corrected chi connectivity index (χ3v) is 3.18. The van der Waals surface area contributed by atoms with Crippen LogP contribution < -0.4 is 10.1 Å². The van der Waals surface area contributed by atoms with Crippen molar-refractivity contribution in [3.63, 3.8) is 0 Å². The third-order valence-electron chi connectivity index (χ3n) is 2.95. The molecule has 0 saturated heterocycles. The Morgan fingerprint density at radius 2 is 1.86 bits per heavy atom. The normalized spacial score (nSPS) is 9.95. The Kier molecular flexibility index (Phi) is 5.01. The van der Waals surface area contributed by atoms with E-state index in [0.29, 0.717) is 27.6 Å². The molecular formula is C16H14ClNO4. The maximum atomic E-state index is 12.3. The molecule has 2 aromatic carbocycles. The van der Waals surface area contributed by atoms with Crippen molar-refractivity contribution in [1.29, 1.82) is 0 Å². The maximum Gasteiger partial charge on any atom is 0.337 e. The zero-order valence-corrected chi connectivity index (χ0v) is 12.8. The molecule has 0 unspecified atom stereocenters. The first kappa shape index (κ1) is 15.9. The molecule has 0 heterocycles. The van der Waals surface area contributed by atoms with E-state index in [1.807, 2.05) is 0 Å². The Bertz CT molecular complexity index is 715. The highest BCUT2D eigenvalue weighted by Gasteiger charge is 2.14. The van der Waals surface area contributed by atoms with Gasteiger partial charge in [-0.1, -0.05) is 17.7 Å². The molecule has 2 aromatic rings. The van der Waals surface area contributed by atoms with Gasteiger partial charge < -0.3 is 14.8 Å². The Labute approximate surface area is 132 Å². The molecule has 0 atom stereocenters. The van der Waals surface area contributed by atoms with E-state index in [0.717, 1.165) is 0 Å². The maximum absolute atomic E-state index is 12.3. The highest BCUT2D eigenvalue weighted by Crippen LogP contribution is 2.24. The lowest BCUT2D eigenvalue weighted by Gasteiger charge is -2.10. The molecule has 2 rings (SSSR count). The molecular weight excluding hydrogens is 306 g/mol. The molecule has 0 aliphatic rings. The SMILES string of the molecule is COC(=O)c1cccc(NC(=O)c2cc(Cl)ccc2OC)c1. The molecule has 6 heteroatoms. The predicted octanol–water partition coefficient (Wildman–Crippen LogP) is 3.39. The average molecular weight is 320 g/mol. The standard InChI is InChI=1S/C16H14ClNO4/c1-21-14-7-6-11(17)9-13(14)15(19)18-12-5-3-4-10(8-12)16(20)22-2/h3-9H,1-2H3,(H,18,19). The lowest BCUT2D eigenvalue weighted by molar-refractivity contribution is 0.0600. The van der Waals surface area contributed by atoms with E-state index < -0.39 is 5.97 Å². The van der Waals surface area contributed by atoms with Crippen molar-refractivity contribution in [1.82, 2.24) is 0 Å². The number of esters is 1. The van der Waals surface area contributed by atoms with Crippen molar-refractivity contribution in [3.05, 3.63) is 58.6 Å². The molecule has 0 radical (unpaired) electrons. The molecule has 114 valence electrons. The second-order valence-electron chi connectivity index (χ2n) is 4.37. The molecule has 1 N–H and O–H groups in total. The highest BCUT2D eigenvalue weighted by atomic mass is 35.5. The zero-order chi connectivity index (χ0) is 16.1. The molecule has 0 aliphatic carbocycles. The summed E-state index contributed by atoms with van der Waals surface area (Å²) < 4.78 is 9.79. The van der Waals surface area contributed by atoms with Crippen LogP contribution in [0.2, 0.25) is 5.02 Å². The van der Waals surface area contributed by atoms with Crippen molar-refractivity contribution in [3.8, 4) is 5.75 Å². The van der Waals surface area contributed by atoms with Gasteiger partial charge in [-0.3, -0.25) is 4.79 Å². The predicted molar refractivity (Wildman–Crippen MR) is 83.7 cm³/mol. The number of methoxy groups -OCH3 is 2. The first-order valence-corrected chi connectivity index (χ1v) is 6.76. The van der Waals surface area contributed by atoms with Crippen LogP contribution in [0.3, 0.4) is 0 Å². The van der Waals surface area contributed by atoms with Gasteiger partial charge in [-0.2, -0.15) is 0 Å².